The number of benzene rings is 1. The highest BCUT2D eigenvalue weighted by Gasteiger charge is 2.19. The van der Waals surface area contributed by atoms with E-state index < -0.39 is 0 Å². The molecule has 1 unspecified atom stereocenters. The topological polar surface area (TPSA) is 55.4 Å². The summed E-state index contributed by atoms with van der Waals surface area (Å²) in [6, 6.07) is 11.0. The summed E-state index contributed by atoms with van der Waals surface area (Å²) in [5, 5.41) is 5.51. The first-order valence-electron chi connectivity index (χ1n) is 7.30. The van der Waals surface area contributed by atoms with Gasteiger partial charge in [-0.1, -0.05) is 29.8 Å². The van der Waals surface area contributed by atoms with Crippen molar-refractivity contribution in [3.05, 3.63) is 57.2 Å². The molecule has 0 fully saturated rings. The Bertz CT molecular complexity index is 676. The second kappa shape index (κ2) is 9.71. The van der Waals surface area contributed by atoms with Crippen molar-refractivity contribution in [1.29, 1.82) is 0 Å². The SMILES string of the molecule is COC(=O)CC(NC(=O)CSCc1cccc(Cl)c1)c1cccs1. The number of carbonyl (C=O) groups is 2. The number of esters is 1. The van der Waals surface area contributed by atoms with Gasteiger partial charge in [-0.15, -0.1) is 23.1 Å². The summed E-state index contributed by atoms with van der Waals surface area (Å²) in [4.78, 5) is 24.7. The molecule has 2 aromatic rings. The normalized spacial score (nSPS) is 11.8. The molecule has 1 heterocycles. The van der Waals surface area contributed by atoms with Gasteiger partial charge < -0.3 is 10.1 Å². The first-order chi connectivity index (χ1) is 11.6. The molecule has 0 aliphatic rings. The molecule has 2 rings (SSSR count). The van der Waals surface area contributed by atoms with Crippen LogP contribution in [0, 0.1) is 0 Å². The van der Waals surface area contributed by atoms with Crippen LogP contribution in [-0.2, 0) is 20.1 Å². The summed E-state index contributed by atoms with van der Waals surface area (Å²) in [6.45, 7) is 0. The van der Waals surface area contributed by atoms with Gasteiger partial charge in [0.2, 0.25) is 5.91 Å². The summed E-state index contributed by atoms with van der Waals surface area (Å²) in [7, 11) is 1.34. The Morgan fingerprint density at radius 3 is 2.83 bits per heavy atom. The molecule has 128 valence electrons. The highest BCUT2D eigenvalue weighted by Crippen LogP contribution is 2.23. The zero-order chi connectivity index (χ0) is 17.4. The first-order valence-corrected chi connectivity index (χ1v) is 9.71. The van der Waals surface area contributed by atoms with Crippen LogP contribution in [0.4, 0.5) is 0 Å². The number of hydrogen-bond acceptors (Lipinski definition) is 5. The van der Waals surface area contributed by atoms with Gasteiger partial charge in [-0.2, -0.15) is 0 Å². The van der Waals surface area contributed by atoms with Gasteiger partial charge in [-0.25, -0.2) is 0 Å². The molecule has 7 heteroatoms. The predicted octanol–water partition coefficient (Wildman–Crippen LogP) is 4.06. The van der Waals surface area contributed by atoms with Crippen LogP contribution in [0.25, 0.3) is 0 Å². The molecule has 0 aliphatic heterocycles. The lowest BCUT2D eigenvalue weighted by Crippen LogP contribution is -2.31. The van der Waals surface area contributed by atoms with Crippen molar-refractivity contribution in [2.45, 2.75) is 18.2 Å². The minimum Gasteiger partial charge on any atom is -0.469 e. The average molecular weight is 384 g/mol. The molecular formula is C17H18ClNO3S2. The Balaban J connectivity index is 1.85. The number of rotatable bonds is 8. The molecule has 0 spiro atoms. The van der Waals surface area contributed by atoms with E-state index in [0.29, 0.717) is 16.5 Å². The van der Waals surface area contributed by atoms with Gasteiger partial charge in [0.25, 0.3) is 0 Å². The van der Waals surface area contributed by atoms with E-state index in [9.17, 15) is 9.59 Å². The molecule has 1 amide bonds. The van der Waals surface area contributed by atoms with Gasteiger partial charge in [0.05, 0.1) is 25.3 Å². The van der Waals surface area contributed by atoms with Crippen molar-refractivity contribution in [3.63, 3.8) is 0 Å². The Labute approximate surface area is 154 Å². The minimum absolute atomic E-state index is 0.107. The van der Waals surface area contributed by atoms with E-state index in [4.69, 9.17) is 16.3 Å². The molecule has 0 bridgehead atoms. The first kappa shape index (κ1) is 18.8. The number of carbonyl (C=O) groups excluding carboxylic acids is 2. The molecule has 1 aromatic carbocycles. The number of hydrogen-bond donors (Lipinski definition) is 1. The number of thioether (sulfide) groups is 1. The van der Waals surface area contributed by atoms with Crippen molar-refractivity contribution in [2.24, 2.45) is 0 Å². The van der Waals surface area contributed by atoms with Crippen LogP contribution in [0.1, 0.15) is 22.9 Å². The molecule has 0 saturated carbocycles. The highest BCUT2D eigenvalue weighted by atomic mass is 35.5. The summed E-state index contributed by atoms with van der Waals surface area (Å²) in [5.41, 5.74) is 1.07. The van der Waals surface area contributed by atoms with Gasteiger partial charge in [-0.05, 0) is 29.1 Å². The predicted molar refractivity (Wildman–Crippen MR) is 99.4 cm³/mol. The van der Waals surface area contributed by atoms with E-state index in [1.54, 1.807) is 0 Å². The second-order valence-corrected chi connectivity index (χ2v) is 7.44. The molecule has 0 saturated heterocycles. The van der Waals surface area contributed by atoms with Crippen LogP contribution in [0.15, 0.2) is 41.8 Å². The highest BCUT2D eigenvalue weighted by molar-refractivity contribution is 7.99. The Morgan fingerprint density at radius 1 is 1.33 bits per heavy atom. The number of amides is 1. The Morgan fingerprint density at radius 2 is 2.17 bits per heavy atom. The van der Waals surface area contributed by atoms with Crippen molar-refractivity contribution < 1.29 is 14.3 Å². The molecular weight excluding hydrogens is 366 g/mol. The van der Waals surface area contributed by atoms with Crippen molar-refractivity contribution in [1.82, 2.24) is 5.32 Å². The van der Waals surface area contributed by atoms with Crippen LogP contribution in [0.5, 0.6) is 0 Å². The number of thiophene rings is 1. The van der Waals surface area contributed by atoms with Crippen LogP contribution in [-0.4, -0.2) is 24.7 Å². The van der Waals surface area contributed by atoms with Gasteiger partial charge in [0, 0.05) is 15.7 Å². The third kappa shape index (κ3) is 6.19. The van der Waals surface area contributed by atoms with Gasteiger partial charge in [0.15, 0.2) is 0 Å². The molecule has 24 heavy (non-hydrogen) atoms. The molecule has 4 nitrogen and oxygen atoms in total. The zero-order valence-electron chi connectivity index (χ0n) is 13.2. The Hall–Kier alpha value is -1.50. The van der Waals surface area contributed by atoms with E-state index in [2.05, 4.69) is 5.32 Å². The lowest BCUT2D eigenvalue weighted by molar-refractivity contribution is -0.141. The summed E-state index contributed by atoms with van der Waals surface area (Å²) in [5.74, 6) is 0.564. The molecule has 1 N–H and O–H groups in total. The average Bonchev–Trinajstić information content (AvgIpc) is 3.08. The zero-order valence-corrected chi connectivity index (χ0v) is 15.5. The summed E-state index contributed by atoms with van der Waals surface area (Å²) < 4.78 is 4.71. The minimum atomic E-state index is -0.350. The fraction of sp³-hybridized carbons (Fsp3) is 0.294. The standard InChI is InChI=1S/C17H18ClNO3S2/c1-22-17(21)9-14(15-6-3-7-24-15)19-16(20)11-23-10-12-4-2-5-13(18)8-12/h2-8,14H,9-11H2,1H3,(H,19,20). The van der Waals surface area contributed by atoms with Gasteiger partial charge in [0.1, 0.15) is 0 Å². The van der Waals surface area contributed by atoms with E-state index in [1.165, 1.54) is 30.2 Å². The largest absolute Gasteiger partial charge is 0.469 e. The summed E-state index contributed by atoms with van der Waals surface area (Å²) >= 11 is 8.95. The van der Waals surface area contributed by atoms with E-state index in [-0.39, 0.29) is 24.3 Å². The molecule has 1 atom stereocenters. The molecule has 0 radical (unpaired) electrons. The Kier molecular flexibility index (Phi) is 7.62. The molecule has 0 aliphatic carbocycles. The lowest BCUT2D eigenvalue weighted by Gasteiger charge is -2.16. The fourth-order valence-electron chi connectivity index (χ4n) is 2.09. The van der Waals surface area contributed by atoms with Crippen LogP contribution < -0.4 is 5.32 Å². The van der Waals surface area contributed by atoms with Crippen LogP contribution in [0.3, 0.4) is 0 Å². The quantitative estimate of drug-likeness (QED) is 0.698. The van der Waals surface area contributed by atoms with Crippen LogP contribution in [0.2, 0.25) is 5.02 Å². The smallest absolute Gasteiger partial charge is 0.307 e. The van der Waals surface area contributed by atoms with Crippen molar-refractivity contribution in [3.8, 4) is 0 Å². The van der Waals surface area contributed by atoms with E-state index >= 15 is 0 Å². The van der Waals surface area contributed by atoms with E-state index in [0.717, 1.165) is 10.4 Å². The number of halogens is 1. The third-order valence-corrected chi connectivity index (χ3v) is 5.44. The fourth-order valence-corrected chi connectivity index (χ4v) is 3.86. The van der Waals surface area contributed by atoms with Gasteiger partial charge in [-0.3, -0.25) is 9.59 Å². The second-order valence-electron chi connectivity index (χ2n) is 5.04. The maximum absolute atomic E-state index is 12.2. The monoisotopic (exact) mass is 383 g/mol. The van der Waals surface area contributed by atoms with Gasteiger partial charge >= 0.3 is 5.97 Å². The molecule has 1 aromatic heterocycles. The number of ether oxygens (including phenoxy) is 1. The maximum Gasteiger partial charge on any atom is 0.307 e. The number of nitrogens with one attached hydrogen (secondary N) is 1. The lowest BCUT2D eigenvalue weighted by atomic mass is 10.1. The van der Waals surface area contributed by atoms with E-state index in [1.807, 2.05) is 41.8 Å². The maximum atomic E-state index is 12.2. The third-order valence-electron chi connectivity index (χ3n) is 3.21. The summed E-state index contributed by atoms with van der Waals surface area (Å²) in [6.07, 6.45) is 0.127. The van der Waals surface area contributed by atoms with Crippen molar-refractivity contribution in [2.75, 3.05) is 12.9 Å². The van der Waals surface area contributed by atoms with Crippen LogP contribution >= 0.6 is 34.7 Å². The van der Waals surface area contributed by atoms with Crippen molar-refractivity contribution >= 4 is 46.6 Å². The number of methoxy groups -OCH3 is 1.